The second-order valence-electron chi connectivity index (χ2n) is 5.29. The third-order valence-corrected chi connectivity index (χ3v) is 4.35. The number of fused-ring (bicyclic) bond motifs is 1. The van der Waals surface area contributed by atoms with Gasteiger partial charge in [-0.2, -0.15) is 0 Å². The van der Waals surface area contributed by atoms with E-state index < -0.39 is 0 Å². The minimum Gasteiger partial charge on any atom is -0.311 e. The second kappa shape index (κ2) is 5.39. The molecule has 1 aliphatic heterocycles. The summed E-state index contributed by atoms with van der Waals surface area (Å²) in [5.74, 6) is 1.44. The zero-order chi connectivity index (χ0) is 13.2. The standard InChI is InChI=1S/C15H19N3S/c1-10(2)15-12-5-6-16-9-13(12)17-14(18-15)8-11-4-3-7-19-11/h3-4,7,10,16H,5-6,8-9H2,1-2H3. The fourth-order valence-corrected chi connectivity index (χ4v) is 3.27. The molecule has 0 radical (unpaired) electrons. The van der Waals surface area contributed by atoms with Gasteiger partial charge in [0.25, 0.3) is 0 Å². The molecule has 0 atom stereocenters. The number of aromatic nitrogens is 2. The van der Waals surface area contributed by atoms with Crippen LogP contribution in [0.5, 0.6) is 0 Å². The lowest BCUT2D eigenvalue weighted by Crippen LogP contribution is -2.27. The average Bonchev–Trinajstić information content (AvgIpc) is 2.90. The molecule has 0 aliphatic carbocycles. The first kappa shape index (κ1) is 12.8. The van der Waals surface area contributed by atoms with E-state index in [2.05, 4.69) is 36.7 Å². The first-order valence-electron chi connectivity index (χ1n) is 6.85. The maximum Gasteiger partial charge on any atom is 0.134 e. The maximum atomic E-state index is 4.83. The summed E-state index contributed by atoms with van der Waals surface area (Å²) in [4.78, 5) is 10.9. The zero-order valence-electron chi connectivity index (χ0n) is 11.4. The second-order valence-corrected chi connectivity index (χ2v) is 6.32. The molecule has 2 aromatic rings. The third kappa shape index (κ3) is 2.69. The molecule has 3 nitrogen and oxygen atoms in total. The molecule has 0 unspecified atom stereocenters. The summed E-state index contributed by atoms with van der Waals surface area (Å²) < 4.78 is 0. The molecule has 0 aromatic carbocycles. The smallest absolute Gasteiger partial charge is 0.134 e. The predicted octanol–water partition coefficient (Wildman–Crippen LogP) is 2.90. The van der Waals surface area contributed by atoms with Crippen molar-refractivity contribution in [1.29, 1.82) is 0 Å². The van der Waals surface area contributed by atoms with Gasteiger partial charge >= 0.3 is 0 Å². The first-order valence-corrected chi connectivity index (χ1v) is 7.73. The molecule has 0 spiro atoms. The molecule has 0 saturated carbocycles. The quantitative estimate of drug-likeness (QED) is 0.934. The van der Waals surface area contributed by atoms with Crippen LogP contribution in [0.25, 0.3) is 0 Å². The van der Waals surface area contributed by atoms with Gasteiger partial charge in [0.15, 0.2) is 0 Å². The van der Waals surface area contributed by atoms with Crippen LogP contribution in [-0.2, 0) is 19.4 Å². The van der Waals surface area contributed by atoms with Crippen molar-refractivity contribution >= 4 is 11.3 Å². The summed E-state index contributed by atoms with van der Waals surface area (Å²) in [5, 5.41) is 5.52. The van der Waals surface area contributed by atoms with Crippen LogP contribution in [0.15, 0.2) is 17.5 Å². The van der Waals surface area contributed by atoms with Crippen LogP contribution >= 0.6 is 11.3 Å². The predicted molar refractivity (Wildman–Crippen MR) is 78.7 cm³/mol. The van der Waals surface area contributed by atoms with Crippen molar-refractivity contribution < 1.29 is 0 Å². The van der Waals surface area contributed by atoms with Crippen molar-refractivity contribution in [1.82, 2.24) is 15.3 Å². The van der Waals surface area contributed by atoms with E-state index in [1.807, 2.05) is 0 Å². The molecule has 19 heavy (non-hydrogen) atoms. The average molecular weight is 273 g/mol. The Morgan fingerprint density at radius 1 is 1.37 bits per heavy atom. The molecule has 1 N–H and O–H groups in total. The summed E-state index contributed by atoms with van der Waals surface area (Å²) in [6.07, 6.45) is 1.91. The Morgan fingerprint density at radius 2 is 2.26 bits per heavy atom. The lowest BCUT2D eigenvalue weighted by Gasteiger charge is -2.21. The molecule has 2 aromatic heterocycles. The Morgan fingerprint density at radius 3 is 3.00 bits per heavy atom. The number of rotatable bonds is 3. The van der Waals surface area contributed by atoms with Gasteiger partial charge in [-0.25, -0.2) is 9.97 Å². The molecule has 3 heterocycles. The van der Waals surface area contributed by atoms with Gasteiger partial charge in [0.1, 0.15) is 5.82 Å². The van der Waals surface area contributed by atoms with E-state index in [1.165, 1.54) is 21.8 Å². The number of hydrogen-bond donors (Lipinski definition) is 1. The van der Waals surface area contributed by atoms with E-state index in [-0.39, 0.29) is 0 Å². The van der Waals surface area contributed by atoms with Gasteiger partial charge in [0.05, 0.1) is 11.4 Å². The van der Waals surface area contributed by atoms with Crippen molar-refractivity contribution in [3.8, 4) is 0 Å². The molecule has 0 amide bonds. The Balaban J connectivity index is 1.99. The number of nitrogens with one attached hydrogen (secondary N) is 1. The highest BCUT2D eigenvalue weighted by Crippen LogP contribution is 2.23. The highest BCUT2D eigenvalue weighted by molar-refractivity contribution is 7.09. The van der Waals surface area contributed by atoms with Crippen LogP contribution in [0.2, 0.25) is 0 Å². The van der Waals surface area contributed by atoms with Gasteiger partial charge in [-0.15, -0.1) is 11.3 Å². The Bertz CT molecular complexity index is 561. The van der Waals surface area contributed by atoms with E-state index in [0.717, 1.165) is 31.8 Å². The summed E-state index contributed by atoms with van der Waals surface area (Å²) in [5.41, 5.74) is 3.83. The van der Waals surface area contributed by atoms with Gasteiger partial charge in [0.2, 0.25) is 0 Å². The summed E-state index contributed by atoms with van der Waals surface area (Å²) in [7, 11) is 0. The van der Waals surface area contributed by atoms with Gasteiger partial charge in [-0.05, 0) is 35.9 Å². The molecule has 0 saturated heterocycles. The van der Waals surface area contributed by atoms with Crippen molar-refractivity contribution in [3.63, 3.8) is 0 Å². The van der Waals surface area contributed by atoms with E-state index in [9.17, 15) is 0 Å². The zero-order valence-corrected chi connectivity index (χ0v) is 12.3. The van der Waals surface area contributed by atoms with Crippen LogP contribution in [0.3, 0.4) is 0 Å². The van der Waals surface area contributed by atoms with E-state index >= 15 is 0 Å². The monoisotopic (exact) mass is 273 g/mol. The molecule has 1 aliphatic rings. The largest absolute Gasteiger partial charge is 0.311 e. The highest BCUT2D eigenvalue weighted by atomic mass is 32.1. The van der Waals surface area contributed by atoms with Crippen LogP contribution in [0, 0.1) is 0 Å². The fourth-order valence-electron chi connectivity index (χ4n) is 2.57. The Labute approximate surface area is 118 Å². The van der Waals surface area contributed by atoms with Crippen LogP contribution < -0.4 is 5.32 Å². The highest BCUT2D eigenvalue weighted by Gasteiger charge is 2.19. The molecule has 0 bridgehead atoms. The normalized spacial score (nSPS) is 14.7. The van der Waals surface area contributed by atoms with Crippen LogP contribution in [-0.4, -0.2) is 16.5 Å². The summed E-state index contributed by atoms with van der Waals surface area (Å²) in [6, 6.07) is 4.24. The molecular formula is C15H19N3S. The number of nitrogens with zero attached hydrogens (tertiary/aromatic N) is 2. The van der Waals surface area contributed by atoms with Gasteiger partial charge in [-0.1, -0.05) is 19.9 Å². The lowest BCUT2D eigenvalue weighted by atomic mass is 9.97. The minimum atomic E-state index is 0.469. The SMILES string of the molecule is CC(C)c1nc(Cc2cccs2)nc2c1CCNC2. The minimum absolute atomic E-state index is 0.469. The molecule has 0 fully saturated rings. The molecule has 4 heteroatoms. The Hall–Kier alpha value is -1.26. The maximum absolute atomic E-state index is 4.83. The van der Waals surface area contributed by atoms with Crippen molar-refractivity contribution in [2.75, 3.05) is 6.54 Å². The molecule has 3 rings (SSSR count). The van der Waals surface area contributed by atoms with Crippen molar-refractivity contribution in [2.24, 2.45) is 0 Å². The summed E-state index contributed by atoms with van der Waals surface area (Å²) >= 11 is 1.77. The van der Waals surface area contributed by atoms with E-state index in [1.54, 1.807) is 11.3 Å². The van der Waals surface area contributed by atoms with Crippen molar-refractivity contribution in [2.45, 2.75) is 39.2 Å². The fraction of sp³-hybridized carbons (Fsp3) is 0.467. The molecule has 100 valence electrons. The summed E-state index contributed by atoms with van der Waals surface area (Å²) in [6.45, 7) is 6.37. The first-order chi connectivity index (χ1) is 9.24. The van der Waals surface area contributed by atoms with E-state index in [4.69, 9.17) is 9.97 Å². The van der Waals surface area contributed by atoms with Crippen LogP contribution in [0.4, 0.5) is 0 Å². The van der Waals surface area contributed by atoms with Gasteiger partial charge in [-0.3, -0.25) is 0 Å². The van der Waals surface area contributed by atoms with Crippen LogP contribution in [0.1, 0.15) is 47.4 Å². The van der Waals surface area contributed by atoms with E-state index in [0.29, 0.717) is 5.92 Å². The Kier molecular flexibility index (Phi) is 3.62. The topological polar surface area (TPSA) is 37.8 Å². The number of thiophene rings is 1. The van der Waals surface area contributed by atoms with Crippen molar-refractivity contribution in [3.05, 3.63) is 45.2 Å². The lowest BCUT2D eigenvalue weighted by molar-refractivity contribution is 0.601. The number of hydrogen-bond acceptors (Lipinski definition) is 4. The third-order valence-electron chi connectivity index (χ3n) is 3.47. The molecular weight excluding hydrogens is 254 g/mol. The van der Waals surface area contributed by atoms with Gasteiger partial charge < -0.3 is 5.32 Å². The van der Waals surface area contributed by atoms with Gasteiger partial charge in [0, 0.05) is 17.8 Å².